The molecule has 2 saturated heterocycles. The number of ether oxygens (including phenoxy) is 1. The van der Waals surface area contributed by atoms with E-state index in [1.54, 1.807) is 54.4 Å². The van der Waals surface area contributed by atoms with Crippen molar-refractivity contribution in [2.24, 2.45) is 5.92 Å². The molecule has 0 unspecified atom stereocenters. The first-order valence-electron chi connectivity index (χ1n) is 28.8. The van der Waals surface area contributed by atoms with Gasteiger partial charge in [0.15, 0.2) is 17.6 Å². The van der Waals surface area contributed by atoms with Crippen LogP contribution in [0, 0.1) is 5.92 Å². The number of phenols is 1. The van der Waals surface area contributed by atoms with Crippen LogP contribution in [0.3, 0.4) is 0 Å². The van der Waals surface area contributed by atoms with Crippen LogP contribution in [0.2, 0.25) is 10.0 Å². The summed E-state index contributed by atoms with van der Waals surface area (Å²) in [6, 6.07) is 21.2. The Morgan fingerprint density at radius 2 is 1.46 bits per heavy atom. The fourth-order valence-corrected chi connectivity index (χ4v) is 13.7. The highest BCUT2D eigenvalue weighted by Gasteiger charge is 2.73. The minimum atomic E-state index is -1.17. The molecule has 5 atom stereocenters. The molecule has 2 bridgehead atoms. The van der Waals surface area contributed by atoms with Gasteiger partial charge in [0.2, 0.25) is 41.4 Å². The number of H-pyrrole nitrogens is 1. The number of unbranched alkanes of at least 4 members (excludes halogenated alkanes) is 1. The zero-order chi connectivity index (χ0) is 58.2. The molecule has 11 rings (SSSR count). The number of aliphatic hydroxyl groups is 1. The number of nitrogens with zero attached hydrogens (tertiary/aromatic N) is 3. The van der Waals surface area contributed by atoms with Crippen LogP contribution in [0.5, 0.6) is 11.5 Å². The molecule has 5 aromatic rings. The van der Waals surface area contributed by atoms with Gasteiger partial charge in [0.25, 0.3) is 0 Å². The van der Waals surface area contributed by atoms with Gasteiger partial charge in [-0.05, 0) is 136 Å². The van der Waals surface area contributed by atoms with Gasteiger partial charge in [-0.3, -0.25) is 38.5 Å². The molecule has 83 heavy (non-hydrogen) atoms. The third-order valence-corrected chi connectivity index (χ3v) is 18.4. The summed E-state index contributed by atoms with van der Waals surface area (Å²) in [7, 11) is 1.77. The Morgan fingerprint density at radius 3 is 2.16 bits per heavy atom. The van der Waals surface area contributed by atoms with E-state index in [4.69, 9.17) is 27.9 Å². The van der Waals surface area contributed by atoms with Crippen LogP contribution in [-0.2, 0) is 58.2 Å². The van der Waals surface area contributed by atoms with Crippen LogP contribution in [0.15, 0.2) is 72.8 Å². The lowest BCUT2D eigenvalue weighted by molar-refractivity contribution is -0.173. The number of fused-ring (bicyclic) bond motifs is 4. The largest absolute Gasteiger partial charge is 0.504 e. The summed E-state index contributed by atoms with van der Waals surface area (Å²) in [5.41, 5.74) is 5.02. The second-order valence-electron chi connectivity index (χ2n) is 23.2. The van der Waals surface area contributed by atoms with Gasteiger partial charge in [-0.15, -0.1) is 0 Å². The maximum Gasteiger partial charge on any atom is 0.243 e. The molecule has 7 amide bonds. The Kier molecular flexibility index (Phi) is 16.8. The second kappa shape index (κ2) is 24.2. The van der Waals surface area contributed by atoms with Crippen molar-refractivity contribution in [2.75, 3.05) is 76.6 Å². The number of hydrogen-bond donors (Lipinski definition) is 9. The monoisotopic (exact) mass is 1170 g/mol. The molecule has 1 aromatic heterocycles. The third-order valence-electron chi connectivity index (χ3n) is 17.7. The zero-order valence-electron chi connectivity index (χ0n) is 46.3. The summed E-state index contributed by atoms with van der Waals surface area (Å²) in [4.78, 5) is 100. The zero-order valence-corrected chi connectivity index (χ0v) is 47.9. The molecule has 20 nitrogen and oxygen atoms in total. The molecule has 3 fully saturated rings. The Labute approximate surface area is 490 Å². The number of rotatable bonds is 23. The average molecular weight is 1170 g/mol. The molecule has 1 spiro atoms. The predicted octanol–water partition coefficient (Wildman–Crippen LogP) is 5.32. The number of para-hydroxylation sites is 1. The number of carbonyl (C=O) groups excluding carboxylic acids is 7. The molecule has 22 heteroatoms. The highest BCUT2D eigenvalue weighted by Crippen LogP contribution is 2.69. The SMILES string of the molecule is CN(C(=O)Cc1ccc(Cl)c(Cl)c1)[C@H](CN1CCCC1)c1cccc(NC(=O)CNC(=O)CNC(=O)CCCCC(=O)NCC(=O)NCC(=O)Nc2cccc3c4c([nH]c23)[C@@H]2Oc3c(O)ccc5c3[C@@]23CCN(CC2CC2)[C@H](C5)[C@]3(O)C4)c1. The maximum atomic E-state index is 13.6. The van der Waals surface area contributed by atoms with Gasteiger partial charge in [-0.25, -0.2) is 0 Å². The van der Waals surface area contributed by atoms with Crippen LogP contribution in [0.25, 0.3) is 10.9 Å². The number of anilines is 2. The summed E-state index contributed by atoms with van der Waals surface area (Å²) >= 11 is 12.3. The quantitative estimate of drug-likeness (QED) is 0.0377. The smallest absolute Gasteiger partial charge is 0.243 e. The van der Waals surface area contributed by atoms with Gasteiger partial charge in [-0.2, -0.15) is 0 Å². The van der Waals surface area contributed by atoms with E-state index in [9.17, 15) is 43.8 Å². The topological polar surface area (TPSA) is 267 Å². The number of likely N-dealkylation sites (tertiary alicyclic amines) is 2. The molecule has 3 aliphatic heterocycles. The minimum absolute atomic E-state index is 0.0376. The van der Waals surface area contributed by atoms with E-state index in [0.717, 1.165) is 77.9 Å². The number of nitrogens with one attached hydrogen (secondary N) is 7. The molecule has 1 saturated carbocycles. The van der Waals surface area contributed by atoms with Crippen LogP contribution in [0.4, 0.5) is 11.4 Å². The van der Waals surface area contributed by atoms with E-state index in [1.165, 1.54) is 12.8 Å². The van der Waals surface area contributed by atoms with Crippen molar-refractivity contribution in [3.05, 3.63) is 116 Å². The molecular formula is C61H70Cl2N10O10. The van der Waals surface area contributed by atoms with E-state index in [-0.39, 0.29) is 69.2 Å². The van der Waals surface area contributed by atoms with Crippen molar-refractivity contribution >= 4 is 86.8 Å². The normalized spacial score (nSPS) is 21.4. The van der Waals surface area contributed by atoms with E-state index < -0.39 is 52.6 Å². The molecule has 438 valence electrons. The Hall–Kier alpha value is -7.23. The van der Waals surface area contributed by atoms with Crippen molar-refractivity contribution in [2.45, 2.75) is 106 Å². The average Bonchev–Trinajstić information content (AvgIpc) is 1.81. The fraction of sp³-hybridized carbons (Fsp3) is 0.459. The van der Waals surface area contributed by atoms with Crippen LogP contribution >= 0.6 is 23.2 Å². The lowest BCUT2D eigenvalue weighted by atomic mass is 9.49. The second-order valence-corrected chi connectivity index (χ2v) is 24.0. The molecule has 4 aromatic carbocycles. The van der Waals surface area contributed by atoms with E-state index >= 15 is 0 Å². The van der Waals surface area contributed by atoms with Crippen molar-refractivity contribution in [3.63, 3.8) is 0 Å². The summed E-state index contributed by atoms with van der Waals surface area (Å²) < 4.78 is 6.72. The van der Waals surface area contributed by atoms with Gasteiger partial charge in [0.05, 0.1) is 76.6 Å². The van der Waals surface area contributed by atoms with Crippen LogP contribution in [0.1, 0.15) is 103 Å². The standard InChI is InChI=1S/C61H70Cl2N10O10/c1-71(54(81)25-36-16-18-42(62)43(63)24-36)45(34-72-21-4-5-22-72)37-8-6-9-39(26-37)68-52(79)31-66-50(77)29-64-48(75)12-2-3-13-49(76)65-30-51(78)67-32-53(80)69-44-11-7-10-40-41-28-61(82)47-27-38-17-19-46(74)58-55(38)60(61,20-23-73(47)33-35-14-15-35)59(83-58)57(41)70-56(40)44/h6-11,16-19,24,26,35,45,47,59,70,74,82H,2-5,12-15,20-23,25,27-34H2,1H3,(H,64,75)(H,65,76)(H,66,77)(H,67,78)(H,68,79)(H,69,80)/t45-,47-,59+,60+,61-/m1/s1. The van der Waals surface area contributed by atoms with E-state index in [2.05, 4.69) is 46.7 Å². The number of aromatic hydroxyl groups is 1. The molecule has 6 aliphatic rings. The first-order chi connectivity index (χ1) is 40.0. The van der Waals surface area contributed by atoms with Crippen LogP contribution in [-0.4, -0.2) is 149 Å². The van der Waals surface area contributed by atoms with Crippen molar-refractivity contribution in [1.29, 1.82) is 0 Å². The number of aromatic nitrogens is 1. The molecule has 0 radical (unpaired) electrons. The van der Waals surface area contributed by atoms with Crippen molar-refractivity contribution in [1.82, 2.24) is 41.0 Å². The number of phenolic OH excluding ortho intramolecular Hbond substituents is 1. The highest BCUT2D eigenvalue weighted by atomic mass is 35.5. The number of carbonyl (C=O) groups is 7. The Balaban J connectivity index is 0.585. The number of benzene rings is 4. The van der Waals surface area contributed by atoms with Gasteiger partial charge >= 0.3 is 0 Å². The van der Waals surface area contributed by atoms with Gasteiger partial charge in [0.1, 0.15) is 0 Å². The summed E-state index contributed by atoms with van der Waals surface area (Å²) in [5.74, 6) is -1.91. The number of amides is 7. The fourth-order valence-electron chi connectivity index (χ4n) is 13.3. The minimum Gasteiger partial charge on any atom is -0.504 e. The third kappa shape index (κ3) is 12.0. The number of likely N-dealkylation sites (N-methyl/N-ethyl adjacent to an activating group) is 1. The van der Waals surface area contributed by atoms with Gasteiger partial charge in [-0.1, -0.05) is 59.6 Å². The first kappa shape index (κ1) is 57.6. The molecule has 3 aliphatic carbocycles. The lowest BCUT2D eigenvalue weighted by Crippen LogP contribution is -2.74. The van der Waals surface area contributed by atoms with E-state index in [0.29, 0.717) is 77.3 Å². The van der Waals surface area contributed by atoms with Gasteiger partial charge < -0.3 is 61.6 Å². The highest BCUT2D eigenvalue weighted by molar-refractivity contribution is 6.42. The Bertz CT molecular complexity index is 3380. The Morgan fingerprint density at radius 1 is 0.783 bits per heavy atom. The number of aromatic amines is 1. The molecule has 4 heterocycles. The lowest BCUT2D eigenvalue weighted by Gasteiger charge is -2.62. The van der Waals surface area contributed by atoms with Crippen LogP contribution < -0.4 is 36.6 Å². The first-order valence-corrected chi connectivity index (χ1v) is 29.5. The number of halogens is 2. The summed E-state index contributed by atoms with van der Waals surface area (Å²) in [6.45, 7) is 2.80. The molecule has 9 N–H and O–H groups in total. The van der Waals surface area contributed by atoms with Gasteiger partial charge in [0, 0.05) is 62.1 Å². The van der Waals surface area contributed by atoms with Crippen molar-refractivity contribution in [3.8, 4) is 11.5 Å². The number of piperidine rings is 1. The van der Waals surface area contributed by atoms with E-state index in [1.807, 2.05) is 30.3 Å². The summed E-state index contributed by atoms with van der Waals surface area (Å²) in [5, 5.41) is 41.8. The maximum absolute atomic E-state index is 13.6. The predicted molar refractivity (Wildman–Crippen MR) is 312 cm³/mol. The van der Waals surface area contributed by atoms with Crippen molar-refractivity contribution < 1.29 is 48.5 Å². The summed E-state index contributed by atoms with van der Waals surface area (Å²) in [6.07, 6.45) is 6.57. The molecular weight excluding hydrogens is 1100 g/mol. The number of hydrogen-bond acceptors (Lipinski definition) is 12.